The number of ether oxygens (including phenoxy) is 1. The van der Waals surface area contributed by atoms with Gasteiger partial charge in [0, 0.05) is 5.69 Å². The molecule has 3 aromatic rings. The number of nitrogens with two attached hydrogens (primary N) is 1. The molecule has 3 rings (SSSR count). The molecular weight excluding hydrogens is 345 g/mol. The average molecular weight is 360 g/mol. The first-order valence-electron chi connectivity index (χ1n) is 7.62. The lowest BCUT2D eigenvalue weighted by Crippen LogP contribution is -2.06. The van der Waals surface area contributed by atoms with E-state index in [4.69, 9.17) is 10.5 Å². The Morgan fingerprint density at radius 2 is 1.77 bits per heavy atom. The largest absolute Gasteiger partial charge is 0.437 e. The number of hydrogen-bond donors (Lipinski definition) is 2. The molecule has 0 radical (unpaired) electrons. The van der Waals surface area contributed by atoms with Crippen LogP contribution in [-0.4, -0.2) is 9.97 Å². The summed E-state index contributed by atoms with van der Waals surface area (Å²) in [7, 11) is 0. The van der Waals surface area contributed by atoms with Crippen LogP contribution in [0.25, 0.3) is 0 Å². The van der Waals surface area contributed by atoms with Gasteiger partial charge in [-0.05, 0) is 37.3 Å². The summed E-state index contributed by atoms with van der Waals surface area (Å²) in [5.41, 5.74) is 6.58. The second-order valence-corrected chi connectivity index (χ2v) is 5.56. The Morgan fingerprint density at radius 1 is 1.04 bits per heavy atom. The van der Waals surface area contributed by atoms with Crippen LogP contribution in [0.4, 0.5) is 30.4 Å². The predicted molar refractivity (Wildman–Crippen MR) is 92.4 cm³/mol. The summed E-state index contributed by atoms with van der Waals surface area (Å²) in [5.74, 6) is 0.797. The van der Waals surface area contributed by atoms with Crippen LogP contribution in [0.15, 0.2) is 54.9 Å². The number of rotatable bonds is 4. The molecule has 0 saturated heterocycles. The molecule has 0 amide bonds. The van der Waals surface area contributed by atoms with Gasteiger partial charge in [-0.15, -0.1) is 0 Å². The second-order valence-electron chi connectivity index (χ2n) is 5.56. The molecule has 0 bridgehead atoms. The first-order chi connectivity index (χ1) is 12.3. The van der Waals surface area contributed by atoms with Crippen molar-refractivity contribution in [2.45, 2.75) is 13.1 Å². The Kier molecular flexibility index (Phi) is 4.66. The maximum absolute atomic E-state index is 12.8. The lowest BCUT2D eigenvalue weighted by molar-refractivity contribution is -0.137. The number of aryl methyl sites for hydroxylation is 1. The van der Waals surface area contributed by atoms with Crippen molar-refractivity contribution in [3.8, 4) is 11.6 Å². The lowest BCUT2D eigenvalue weighted by atomic mass is 10.2. The molecule has 3 N–H and O–H groups in total. The van der Waals surface area contributed by atoms with Crippen molar-refractivity contribution >= 4 is 17.2 Å². The quantitative estimate of drug-likeness (QED) is 0.691. The van der Waals surface area contributed by atoms with Gasteiger partial charge >= 0.3 is 6.18 Å². The van der Waals surface area contributed by atoms with E-state index in [1.807, 2.05) is 19.1 Å². The summed E-state index contributed by atoms with van der Waals surface area (Å²) in [6, 6.07) is 12.0. The highest BCUT2D eigenvalue weighted by Crippen LogP contribution is 2.34. The molecule has 0 atom stereocenters. The molecule has 0 aliphatic carbocycles. The van der Waals surface area contributed by atoms with Crippen molar-refractivity contribution in [1.29, 1.82) is 0 Å². The summed E-state index contributed by atoms with van der Waals surface area (Å²) in [6.07, 6.45) is -3.22. The monoisotopic (exact) mass is 360 g/mol. The van der Waals surface area contributed by atoms with Crippen LogP contribution >= 0.6 is 0 Å². The van der Waals surface area contributed by atoms with Crippen LogP contribution in [0, 0.1) is 6.92 Å². The maximum atomic E-state index is 12.8. The summed E-state index contributed by atoms with van der Waals surface area (Å²) < 4.78 is 44.1. The molecule has 0 aliphatic rings. The van der Waals surface area contributed by atoms with Crippen LogP contribution in [0.3, 0.4) is 0 Å². The molecule has 26 heavy (non-hydrogen) atoms. The predicted octanol–water partition coefficient (Wildman–Crippen LogP) is 4.92. The molecule has 134 valence electrons. The van der Waals surface area contributed by atoms with Gasteiger partial charge in [0.15, 0.2) is 5.82 Å². The fourth-order valence-corrected chi connectivity index (χ4v) is 2.19. The van der Waals surface area contributed by atoms with Gasteiger partial charge in [-0.25, -0.2) is 4.98 Å². The van der Waals surface area contributed by atoms with Crippen LogP contribution in [0.1, 0.15) is 11.1 Å². The minimum atomic E-state index is -4.44. The Bertz CT molecular complexity index is 911. The number of aromatic nitrogens is 2. The third-order valence-corrected chi connectivity index (χ3v) is 3.54. The fourth-order valence-electron chi connectivity index (χ4n) is 2.19. The lowest BCUT2D eigenvalue weighted by Gasteiger charge is -2.13. The summed E-state index contributed by atoms with van der Waals surface area (Å²) in [5, 5.41) is 2.76. The number of nitrogens with one attached hydrogen (secondary N) is 1. The molecule has 1 aromatic heterocycles. The fraction of sp³-hybridized carbons (Fsp3) is 0.111. The van der Waals surface area contributed by atoms with Gasteiger partial charge in [-0.3, -0.25) is 0 Å². The minimum absolute atomic E-state index is 0.0884. The Balaban J connectivity index is 1.84. The molecule has 0 fully saturated rings. The number of anilines is 3. The molecule has 2 aromatic carbocycles. The van der Waals surface area contributed by atoms with Gasteiger partial charge in [-0.1, -0.05) is 23.8 Å². The van der Waals surface area contributed by atoms with Crippen molar-refractivity contribution in [1.82, 2.24) is 9.97 Å². The van der Waals surface area contributed by atoms with Gasteiger partial charge in [0.2, 0.25) is 5.88 Å². The zero-order valence-electron chi connectivity index (χ0n) is 13.7. The summed E-state index contributed by atoms with van der Waals surface area (Å²) >= 11 is 0. The molecule has 0 saturated carbocycles. The SMILES string of the molecule is Cc1ccc(Oc2ncnc(Nc3cccc(C(F)(F)F)c3)c2N)cc1. The third-order valence-electron chi connectivity index (χ3n) is 3.54. The highest BCUT2D eigenvalue weighted by molar-refractivity contribution is 5.72. The van der Waals surface area contributed by atoms with E-state index >= 15 is 0 Å². The van der Waals surface area contributed by atoms with E-state index in [-0.39, 0.29) is 23.1 Å². The van der Waals surface area contributed by atoms with Crippen molar-refractivity contribution < 1.29 is 17.9 Å². The van der Waals surface area contributed by atoms with Gasteiger partial charge in [0.05, 0.1) is 5.56 Å². The first-order valence-corrected chi connectivity index (χ1v) is 7.62. The Morgan fingerprint density at radius 3 is 2.46 bits per heavy atom. The van der Waals surface area contributed by atoms with Crippen molar-refractivity contribution in [2.24, 2.45) is 0 Å². The van der Waals surface area contributed by atoms with Crippen molar-refractivity contribution in [3.63, 3.8) is 0 Å². The molecule has 8 heteroatoms. The molecule has 1 heterocycles. The van der Waals surface area contributed by atoms with E-state index in [9.17, 15) is 13.2 Å². The average Bonchev–Trinajstić information content (AvgIpc) is 2.60. The van der Waals surface area contributed by atoms with Gasteiger partial charge in [0.25, 0.3) is 0 Å². The van der Waals surface area contributed by atoms with Gasteiger partial charge in [-0.2, -0.15) is 18.2 Å². The number of benzene rings is 2. The van der Waals surface area contributed by atoms with E-state index in [1.54, 1.807) is 12.1 Å². The van der Waals surface area contributed by atoms with E-state index in [0.29, 0.717) is 5.75 Å². The molecule has 0 unspecified atom stereocenters. The molecule has 0 aliphatic heterocycles. The van der Waals surface area contributed by atoms with Crippen molar-refractivity contribution in [2.75, 3.05) is 11.1 Å². The number of nitrogens with zero attached hydrogens (tertiary/aromatic N) is 2. The maximum Gasteiger partial charge on any atom is 0.416 e. The van der Waals surface area contributed by atoms with Gasteiger partial charge < -0.3 is 15.8 Å². The van der Waals surface area contributed by atoms with Crippen molar-refractivity contribution in [3.05, 3.63) is 66.0 Å². The number of nitrogen functional groups attached to an aromatic ring is 1. The second kappa shape index (κ2) is 6.91. The van der Waals surface area contributed by atoms with E-state index in [1.165, 1.54) is 18.5 Å². The van der Waals surface area contributed by atoms with Crippen LogP contribution in [0.5, 0.6) is 11.6 Å². The molecule has 5 nitrogen and oxygen atoms in total. The van der Waals surface area contributed by atoms with Gasteiger partial charge in [0.1, 0.15) is 17.8 Å². The number of hydrogen-bond acceptors (Lipinski definition) is 5. The summed E-state index contributed by atoms with van der Waals surface area (Å²) in [4.78, 5) is 7.95. The normalized spacial score (nSPS) is 11.2. The zero-order valence-corrected chi connectivity index (χ0v) is 13.7. The molecular formula is C18H15F3N4O. The molecule has 0 spiro atoms. The topological polar surface area (TPSA) is 73.1 Å². The minimum Gasteiger partial charge on any atom is -0.437 e. The number of alkyl halides is 3. The smallest absolute Gasteiger partial charge is 0.416 e. The number of halogens is 3. The first kappa shape index (κ1) is 17.5. The standard InChI is InChI=1S/C18H15F3N4O/c1-11-5-7-14(8-6-11)26-17-15(22)16(23-10-24-17)25-13-4-2-3-12(9-13)18(19,20)21/h2-10H,22H2,1H3,(H,23,24,25). The van der Waals surface area contributed by atoms with Crippen LogP contribution in [-0.2, 0) is 6.18 Å². The summed E-state index contributed by atoms with van der Waals surface area (Å²) in [6.45, 7) is 1.94. The highest BCUT2D eigenvalue weighted by Gasteiger charge is 2.30. The zero-order chi connectivity index (χ0) is 18.7. The highest BCUT2D eigenvalue weighted by atomic mass is 19.4. The van der Waals surface area contributed by atoms with Crippen LogP contribution < -0.4 is 15.8 Å². The van der Waals surface area contributed by atoms with E-state index in [0.717, 1.165) is 17.7 Å². The van der Waals surface area contributed by atoms with Crippen LogP contribution in [0.2, 0.25) is 0 Å². The third kappa shape index (κ3) is 4.02. The Labute approximate surface area is 147 Å². The Hall–Kier alpha value is -3.29. The van der Waals surface area contributed by atoms with E-state index < -0.39 is 11.7 Å². The van der Waals surface area contributed by atoms with E-state index in [2.05, 4.69) is 15.3 Å².